The van der Waals surface area contributed by atoms with Crippen molar-refractivity contribution in [3.63, 3.8) is 0 Å². The summed E-state index contributed by atoms with van der Waals surface area (Å²) < 4.78 is 5.59. The van der Waals surface area contributed by atoms with E-state index in [0.717, 1.165) is 31.5 Å². The van der Waals surface area contributed by atoms with E-state index in [1.165, 1.54) is 17.5 Å². The molecule has 2 aromatic carbocycles. The monoisotopic (exact) mass is 477 g/mol. The fourth-order valence-corrected chi connectivity index (χ4v) is 5.52. The highest BCUT2D eigenvalue weighted by atomic mass is 16.5. The lowest BCUT2D eigenvalue weighted by Gasteiger charge is -2.35. The molecule has 2 aliphatic rings. The van der Waals surface area contributed by atoms with E-state index in [-0.39, 0.29) is 24.3 Å². The molecule has 4 rings (SSSR count). The summed E-state index contributed by atoms with van der Waals surface area (Å²) in [6.07, 6.45) is 2.68. The van der Waals surface area contributed by atoms with Crippen LogP contribution in [-0.2, 0) is 22.7 Å². The smallest absolute Gasteiger partial charge is 0.260 e. The van der Waals surface area contributed by atoms with Gasteiger partial charge in [0.1, 0.15) is 5.75 Å². The molecule has 0 aliphatic carbocycles. The Balaban J connectivity index is 1.22. The SMILES string of the molecule is C[C@@H]1C[C@H](C)CN(Cc2ccccc2CNC(=O)C2CCN(C(=O)COc3ccccc3)CC2)C1. The number of ether oxygens (including phenoxy) is 1. The Morgan fingerprint density at radius 2 is 1.54 bits per heavy atom. The van der Waals surface area contributed by atoms with Gasteiger partial charge >= 0.3 is 0 Å². The van der Waals surface area contributed by atoms with Crippen LogP contribution in [0.5, 0.6) is 5.75 Å². The van der Waals surface area contributed by atoms with Crippen LogP contribution in [-0.4, -0.2) is 54.4 Å². The van der Waals surface area contributed by atoms with Crippen molar-refractivity contribution in [2.45, 2.75) is 46.2 Å². The molecular formula is C29H39N3O3. The summed E-state index contributed by atoms with van der Waals surface area (Å²) in [6, 6.07) is 17.8. The number of para-hydroxylation sites is 1. The van der Waals surface area contributed by atoms with Crippen LogP contribution in [0.15, 0.2) is 54.6 Å². The van der Waals surface area contributed by atoms with Crippen molar-refractivity contribution in [3.8, 4) is 5.75 Å². The van der Waals surface area contributed by atoms with Gasteiger partial charge in [-0.2, -0.15) is 0 Å². The third kappa shape index (κ3) is 7.31. The van der Waals surface area contributed by atoms with Crippen LogP contribution in [0.1, 0.15) is 44.2 Å². The van der Waals surface area contributed by atoms with Crippen molar-refractivity contribution >= 4 is 11.8 Å². The molecule has 2 aliphatic heterocycles. The number of hydrogen-bond acceptors (Lipinski definition) is 4. The lowest BCUT2D eigenvalue weighted by atomic mass is 9.91. The third-order valence-electron chi connectivity index (χ3n) is 7.23. The van der Waals surface area contributed by atoms with E-state index in [4.69, 9.17) is 4.74 Å². The number of hydrogen-bond donors (Lipinski definition) is 1. The van der Waals surface area contributed by atoms with Crippen LogP contribution in [0.2, 0.25) is 0 Å². The van der Waals surface area contributed by atoms with Gasteiger partial charge in [0.05, 0.1) is 0 Å². The summed E-state index contributed by atoms with van der Waals surface area (Å²) in [7, 11) is 0. The van der Waals surface area contributed by atoms with Crippen LogP contribution in [0.25, 0.3) is 0 Å². The second-order valence-corrected chi connectivity index (χ2v) is 10.4. The molecule has 6 nitrogen and oxygen atoms in total. The average molecular weight is 478 g/mol. The molecule has 6 heteroatoms. The molecule has 2 fully saturated rings. The predicted octanol–water partition coefficient (Wildman–Crippen LogP) is 4.10. The lowest BCUT2D eigenvalue weighted by molar-refractivity contribution is -0.137. The van der Waals surface area contributed by atoms with Crippen LogP contribution >= 0.6 is 0 Å². The number of amides is 2. The van der Waals surface area contributed by atoms with E-state index >= 15 is 0 Å². The first-order valence-electron chi connectivity index (χ1n) is 13.0. The largest absolute Gasteiger partial charge is 0.484 e. The zero-order valence-electron chi connectivity index (χ0n) is 21.1. The van der Waals surface area contributed by atoms with E-state index in [1.807, 2.05) is 41.3 Å². The summed E-state index contributed by atoms with van der Waals surface area (Å²) in [6.45, 7) is 9.66. The highest BCUT2D eigenvalue weighted by molar-refractivity contribution is 5.80. The maximum absolute atomic E-state index is 12.9. The van der Waals surface area contributed by atoms with Crippen molar-refractivity contribution < 1.29 is 14.3 Å². The van der Waals surface area contributed by atoms with Crippen molar-refractivity contribution in [3.05, 3.63) is 65.7 Å². The topological polar surface area (TPSA) is 61.9 Å². The van der Waals surface area contributed by atoms with Gasteiger partial charge in [-0.3, -0.25) is 14.5 Å². The number of carbonyl (C=O) groups is 2. The number of benzene rings is 2. The van der Waals surface area contributed by atoms with Crippen LogP contribution in [0.3, 0.4) is 0 Å². The van der Waals surface area contributed by atoms with Crippen molar-refractivity contribution in [1.29, 1.82) is 0 Å². The van der Waals surface area contributed by atoms with Crippen molar-refractivity contribution in [1.82, 2.24) is 15.1 Å². The molecule has 2 atom stereocenters. The molecule has 35 heavy (non-hydrogen) atoms. The molecule has 0 radical (unpaired) electrons. The van der Waals surface area contributed by atoms with Crippen LogP contribution in [0.4, 0.5) is 0 Å². The maximum atomic E-state index is 12.9. The number of nitrogens with zero attached hydrogens (tertiary/aromatic N) is 2. The van der Waals surface area contributed by atoms with Gasteiger partial charge in [0.15, 0.2) is 6.61 Å². The summed E-state index contributed by atoms with van der Waals surface area (Å²) in [5.41, 5.74) is 2.49. The molecule has 0 bridgehead atoms. The molecule has 2 aromatic rings. The molecular weight excluding hydrogens is 438 g/mol. The molecule has 188 valence electrons. The zero-order valence-corrected chi connectivity index (χ0v) is 21.1. The van der Waals surface area contributed by atoms with E-state index in [1.54, 1.807) is 0 Å². The third-order valence-corrected chi connectivity index (χ3v) is 7.23. The highest BCUT2D eigenvalue weighted by Gasteiger charge is 2.28. The van der Waals surface area contributed by atoms with Gasteiger partial charge in [-0.15, -0.1) is 0 Å². The van der Waals surface area contributed by atoms with Gasteiger partial charge in [-0.1, -0.05) is 56.3 Å². The Kier molecular flexibility index (Phi) is 8.80. The van der Waals surface area contributed by atoms with Crippen molar-refractivity contribution in [2.24, 2.45) is 17.8 Å². The van der Waals surface area contributed by atoms with Gasteiger partial charge in [0.2, 0.25) is 5.91 Å². The van der Waals surface area contributed by atoms with Gasteiger partial charge in [-0.25, -0.2) is 0 Å². The van der Waals surface area contributed by atoms with Crippen LogP contribution < -0.4 is 10.1 Å². The zero-order chi connectivity index (χ0) is 24.6. The predicted molar refractivity (Wildman–Crippen MR) is 138 cm³/mol. The summed E-state index contributed by atoms with van der Waals surface area (Å²) >= 11 is 0. The minimum Gasteiger partial charge on any atom is -0.484 e. The Labute approximate surface area is 209 Å². The standard InChI is InChI=1S/C29H39N3O3/c1-22-16-23(2)19-31(18-22)20-26-9-7-6-8-25(26)17-30-29(34)24-12-14-32(15-13-24)28(33)21-35-27-10-4-3-5-11-27/h3-11,22-24H,12-21H2,1-2H3,(H,30,34)/t22-,23+. The molecule has 2 saturated heterocycles. The normalized spacial score (nSPS) is 21.5. The molecule has 1 N–H and O–H groups in total. The fourth-order valence-electron chi connectivity index (χ4n) is 5.52. The van der Waals surface area contributed by atoms with Crippen LogP contribution in [0, 0.1) is 17.8 Å². The highest BCUT2D eigenvalue weighted by Crippen LogP contribution is 2.24. The quantitative estimate of drug-likeness (QED) is 0.622. The molecule has 0 spiro atoms. The molecule has 2 amide bonds. The van der Waals surface area contributed by atoms with Gasteiger partial charge < -0.3 is 15.0 Å². The van der Waals surface area contributed by atoms with Gasteiger partial charge in [0.25, 0.3) is 5.91 Å². The molecule has 0 aromatic heterocycles. The van der Waals surface area contributed by atoms with Crippen molar-refractivity contribution in [2.75, 3.05) is 32.8 Å². The van der Waals surface area contributed by atoms with E-state index in [0.29, 0.717) is 38.2 Å². The summed E-state index contributed by atoms with van der Waals surface area (Å²) in [4.78, 5) is 29.8. The summed E-state index contributed by atoms with van der Waals surface area (Å²) in [5, 5.41) is 3.17. The first-order valence-corrected chi connectivity index (χ1v) is 13.0. The Bertz CT molecular complexity index is 962. The Morgan fingerprint density at radius 3 is 2.23 bits per heavy atom. The van der Waals surface area contributed by atoms with E-state index < -0.39 is 0 Å². The molecule has 2 heterocycles. The number of carbonyl (C=O) groups excluding carboxylic acids is 2. The number of piperidine rings is 2. The molecule has 0 saturated carbocycles. The van der Waals surface area contributed by atoms with Gasteiger partial charge in [0, 0.05) is 45.2 Å². The molecule has 0 unspecified atom stereocenters. The minimum atomic E-state index is -0.0509. The first kappa shape index (κ1) is 25.2. The van der Waals surface area contributed by atoms with E-state index in [9.17, 15) is 9.59 Å². The number of rotatable bonds is 8. The Morgan fingerprint density at radius 1 is 0.914 bits per heavy atom. The fraction of sp³-hybridized carbons (Fsp3) is 0.517. The first-order chi connectivity index (χ1) is 17.0. The minimum absolute atomic E-state index is 0.0250. The Hall–Kier alpha value is -2.86. The lowest BCUT2D eigenvalue weighted by Crippen LogP contribution is -2.44. The second kappa shape index (κ2) is 12.2. The second-order valence-electron chi connectivity index (χ2n) is 10.4. The van der Waals surface area contributed by atoms with Gasteiger partial charge in [-0.05, 0) is 54.4 Å². The maximum Gasteiger partial charge on any atom is 0.260 e. The van der Waals surface area contributed by atoms with E-state index in [2.05, 4.69) is 42.3 Å². The number of nitrogens with one attached hydrogen (secondary N) is 1. The average Bonchev–Trinajstić information content (AvgIpc) is 2.86. The summed E-state index contributed by atoms with van der Waals surface area (Å²) in [5.74, 6) is 2.17. The number of likely N-dealkylation sites (tertiary alicyclic amines) is 2.